The first kappa shape index (κ1) is 19.0. The van der Waals surface area contributed by atoms with Crippen LogP contribution in [0.5, 0.6) is 5.75 Å². The molecule has 0 aliphatic carbocycles. The smallest absolute Gasteiger partial charge is 0.251 e. The van der Waals surface area contributed by atoms with Crippen molar-refractivity contribution in [3.63, 3.8) is 0 Å². The molecule has 3 aliphatic rings. The lowest BCUT2D eigenvalue weighted by molar-refractivity contribution is 0.0932. The number of piperidine rings is 1. The summed E-state index contributed by atoms with van der Waals surface area (Å²) in [6, 6.07) is 11.1. The summed E-state index contributed by atoms with van der Waals surface area (Å²) in [4.78, 5) is 25.3. The van der Waals surface area contributed by atoms with E-state index in [9.17, 15) is 9.59 Å². The molecule has 3 atom stereocenters. The lowest BCUT2D eigenvalue weighted by atomic mass is 9.79. The van der Waals surface area contributed by atoms with Gasteiger partial charge in [-0.3, -0.25) is 9.59 Å². The maximum absolute atomic E-state index is 12.7. The summed E-state index contributed by atoms with van der Waals surface area (Å²) in [5.41, 5.74) is 2.84. The Morgan fingerprint density at radius 3 is 3.04 bits per heavy atom. The van der Waals surface area contributed by atoms with E-state index in [0.29, 0.717) is 30.6 Å². The number of aromatic nitrogens is 1. The van der Waals surface area contributed by atoms with Crippen LogP contribution in [-0.2, 0) is 6.42 Å². The normalized spacial score (nSPS) is 24.4. The van der Waals surface area contributed by atoms with Crippen LogP contribution < -0.4 is 20.9 Å². The fourth-order valence-electron chi connectivity index (χ4n) is 4.79. The van der Waals surface area contributed by atoms with Crippen molar-refractivity contribution < 1.29 is 9.53 Å². The van der Waals surface area contributed by atoms with Gasteiger partial charge in [-0.2, -0.15) is 0 Å². The Balaban J connectivity index is 0.00000192. The molecule has 28 heavy (non-hydrogen) atoms. The van der Waals surface area contributed by atoms with Gasteiger partial charge in [0.15, 0.2) is 0 Å². The number of pyridine rings is 1. The summed E-state index contributed by atoms with van der Waals surface area (Å²) in [6.45, 7) is 2.94. The van der Waals surface area contributed by atoms with E-state index in [1.165, 1.54) is 0 Å². The second-order valence-corrected chi connectivity index (χ2v) is 7.71. The summed E-state index contributed by atoms with van der Waals surface area (Å²) in [6.07, 6.45) is 1.91. The Labute approximate surface area is 169 Å². The summed E-state index contributed by atoms with van der Waals surface area (Å²) < 4.78 is 7.42. The van der Waals surface area contributed by atoms with Crippen molar-refractivity contribution in [3.05, 3.63) is 63.6 Å². The van der Waals surface area contributed by atoms with E-state index in [0.717, 1.165) is 42.9 Å². The lowest BCUT2D eigenvalue weighted by Gasteiger charge is -2.43. The Morgan fingerprint density at radius 2 is 2.14 bits per heavy atom. The highest BCUT2D eigenvalue weighted by Crippen LogP contribution is 2.38. The maximum atomic E-state index is 12.7. The van der Waals surface area contributed by atoms with Crippen molar-refractivity contribution in [1.82, 2.24) is 15.2 Å². The van der Waals surface area contributed by atoms with E-state index < -0.39 is 0 Å². The zero-order chi connectivity index (χ0) is 18.4. The standard InChI is InChI=1S/C21H23N3O3.ClH/c25-20-3-1-2-17-15-9-16(11-22-10-15)18(24(17)20)12-23-21(26)14-4-5-19-13(8-14)6-7-27-19;/h1-5,8,15-16,18,22H,6-7,9-12H2,(H,23,26);1H/t15-,16+,18+;/m1./s1. The molecule has 0 spiro atoms. The van der Waals surface area contributed by atoms with E-state index >= 15 is 0 Å². The summed E-state index contributed by atoms with van der Waals surface area (Å²) in [7, 11) is 0. The predicted octanol–water partition coefficient (Wildman–Crippen LogP) is 1.88. The molecule has 7 heteroatoms. The third-order valence-corrected chi connectivity index (χ3v) is 6.12. The predicted molar refractivity (Wildman–Crippen MR) is 109 cm³/mol. The number of nitrogens with zero attached hydrogens (tertiary/aromatic N) is 1. The molecular formula is C21H24ClN3O3. The molecule has 3 aliphatic heterocycles. The van der Waals surface area contributed by atoms with Crippen LogP contribution in [0.15, 0.2) is 41.2 Å². The fourth-order valence-corrected chi connectivity index (χ4v) is 4.79. The Morgan fingerprint density at radius 1 is 1.25 bits per heavy atom. The molecule has 2 N–H and O–H groups in total. The summed E-state index contributed by atoms with van der Waals surface area (Å²) >= 11 is 0. The SMILES string of the molecule is Cl.O=C(NC[C@H]1[C@@H]2CNC[C@@H](C2)c2cccc(=O)n21)c1ccc2c(c1)CCO2. The van der Waals surface area contributed by atoms with Crippen LogP contribution in [0.1, 0.15) is 40.0 Å². The van der Waals surface area contributed by atoms with E-state index in [-0.39, 0.29) is 29.9 Å². The first-order chi connectivity index (χ1) is 13.2. The molecule has 1 saturated heterocycles. The van der Waals surface area contributed by atoms with E-state index in [1.807, 2.05) is 28.8 Å². The quantitative estimate of drug-likeness (QED) is 0.823. The highest BCUT2D eigenvalue weighted by molar-refractivity contribution is 5.94. The van der Waals surface area contributed by atoms with Gasteiger partial charge in [-0.15, -0.1) is 12.4 Å². The second kappa shape index (κ2) is 7.60. The highest BCUT2D eigenvalue weighted by Gasteiger charge is 2.37. The van der Waals surface area contributed by atoms with Crippen molar-refractivity contribution in [2.45, 2.75) is 24.8 Å². The molecule has 1 aromatic heterocycles. The van der Waals surface area contributed by atoms with E-state index in [4.69, 9.17) is 4.74 Å². The van der Waals surface area contributed by atoms with Crippen LogP contribution in [0.25, 0.3) is 0 Å². The van der Waals surface area contributed by atoms with Crippen LogP contribution >= 0.6 is 12.4 Å². The molecule has 0 unspecified atom stereocenters. The first-order valence-corrected chi connectivity index (χ1v) is 9.67. The van der Waals surface area contributed by atoms with Crippen LogP contribution in [0.3, 0.4) is 0 Å². The minimum Gasteiger partial charge on any atom is -0.493 e. The first-order valence-electron chi connectivity index (χ1n) is 9.67. The van der Waals surface area contributed by atoms with Gasteiger partial charge in [-0.1, -0.05) is 6.07 Å². The number of ether oxygens (including phenoxy) is 1. The minimum atomic E-state index is -0.0962. The molecule has 148 valence electrons. The van der Waals surface area contributed by atoms with Crippen molar-refractivity contribution in [3.8, 4) is 5.75 Å². The molecule has 0 saturated carbocycles. The van der Waals surface area contributed by atoms with Gasteiger partial charge in [0.2, 0.25) is 0 Å². The molecule has 1 fully saturated rings. The number of fused-ring (bicyclic) bond motifs is 5. The molecule has 1 aromatic carbocycles. The average molecular weight is 402 g/mol. The number of amides is 1. The van der Waals surface area contributed by atoms with Gasteiger partial charge < -0.3 is 19.9 Å². The largest absolute Gasteiger partial charge is 0.493 e. The number of halogens is 1. The summed E-state index contributed by atoms with van der Waals surface area (Å²) in [5.74, 6) is 1.51. The van der Waals surface area contributed by atoms with Crippen molar-refractivity contribution in [2.75, 3.05) is 26.2 Å². The third-order valence-electron chi connectivity index (χ3n) is 6.12. The van der Waals surface area contributed by atoms with Gasteiger partial charge in [-0.05, 0) is 42.2 Å². The molecule has 5 rings (SSSR count). The van der Waals surface area contributed by atoms with Gasteiger partial charge in [0.25, 0.3) is 11.5 Å². The molecule has 2 aromatic rings. The maximum Gasteiger partial charge on any atom is 0.251 e. The Bertz CT molecular complexity index is 958. The van der Waals surface area contributed by atoms with Gasteiger partial charge in [0.05, 0.1) is 12.6 Å². The molecular weight excluding hydrogens is 378 g/mol. The molecule has 6 nitrogen and oxygen atoms in total. The van der Waals surface area contributed by atoms with Crippen LogP contribution in [-0.4, -0.2) is 36.7 Å². The van der Waals surface area contributed by atoms with Crippen molar-refractivity contribution in [2.24, 2.45) is 5.92 Å². The van der Waals surface area contributed by atoms with Gasteiger partial charge in [0, 0.05) is 49.3 Å². The lowest BCUT2D eigenvalue weighted by Crippen LogP contribution is -2.50. The average Bonchev–Trinajstić information content (AvgIpc) is 3.16. The van der Waals surface area contributed by atoms with Crippen molar-refractivity contribution >= 4 is 18.3 Å². The minimum absolute atomic E-state index is 0. The molecule has 1 amide bonds. The molecule has 0 radical (unpaired) electrons. The number of rotatable bonds is 3. The number of benzene rings is 1. The van der Waals surface area contributed by atoms with Crippen LogP contribution in [0.2, 0.25) is 0 Å². The Kier molecular flexibility index (Phi) is 5.17. The fraction of sp³-hybridized carbons (Fsp3) is 0.429. The van der Waals surface area contributed by atoms with Gasteiger partial charge >= 0.3 is 0 Å². The number of hydrogen-bond donors (Lipinski definition) is 2. The van der Waals surface area contributed by atoms with Crippen LogP contribution in [0, 0.1) is 5.92 Å². The number of carbonyl (C=O) groups excluding carboxylic acids is 1. The van der Waals surface area contributed by atoms with Crippen LogP contribution in [0.4, 0.5) is 0 Å². The summed E-state index contributed by atoms with van der Waals surface area (Å²) in [5, 5.41) is 6.55. The van der Waals surface area contributed by atoms with Gasteiger partial charge in [0.1, 0.15) is 5.75 Å². The Hall–Kier alpha value is -2.31. The highest BCUT2D eigenvalue weighted by atomic mass is 35.5. The number of nitrogens with one attached hydrogen (secondary N) is 2. The van der Waals surface area contributed by atoms with Gasteiger partial charge in [-0.25, -0.2) is 0 Å². The van der Waals surface area contributed by atoms with Crippen molar-refractivity contribution in [1.29, 1.82) is 0 Å². The zero-order valence-electron chi connectivity index (χ0n) is 15.5. The van der Waals surface area contributed by atoms with E-state index in [2.05, 4.69) is 10.6 Å². The molecule has 2 bridgehead atoms. The second-order valence-electron chi connectivity index (χ2n) is 7.71. The number of hydrogen-bond acceptors (Lipinski definition) is 4. The molecule has 4 heterocycles. The third kappa shape index (κ3) is 3.20. The number of carbonyl (C=O) groups is 1. The topological polar surface area (TPSA) is 72.4 Å². The van der Waals surface area contributed by atoms with E-state index in [1.54, 1.807) is 12.1 Å². The monoisotopic (exact) mass is 401 g/mol. The zero-order valence-corrected chi connectivity index (χ0v) is 16.3.